The molecule has 108 valence electrons. The molecule has 1 aliphatic rings. The summed E-state index contributed by atoms with van der Waals surface area (Å²) in [6.07, 6.45) is 0.521. The summed E-state index contributed by atoms with van der Waals surface area (Å²) >= 11 is 5.30. The predicted molar refractivity (Wildman–Crippen MR) is 82.3 cm³/mol. The summed E-state index contributed by atoms with van der Waals surface area (Å²) in [7, 11) is 3.32. The van der Waals surface area contributed by atoms with Crippen molar-refractivity contribution < 1.29 is 4.39 Å². The number of nitrogens with zero attached hydrogens (tertiary/aromatic N) is 3. The lowest BCUT2D eigenvalue weighted by molar-refractivity contribution is 0.628. The van der Waals surface area contributed by atoms with Gasteiger partial charge in [0.2, 0.25) is 0 Å². The normalized spacial score (nSPS) is 13.0. The number of benzene rings is 1. The molecule has 1 aromatic heterocycles. The maximum atomic E-state index is 12.9. The van der Waals surface area contributed by atoms with E-state index in [4.69, 9.17) is 12.2 Å². The van der Waals surface area contributed by atoms with Crippen molar-refractivity contribution >= 4 is 29.6 Å². The highest BCUT2D eigenvalue weighted by molar-refractivity contribution is 7.71. The molecule has 1 aromatic carbocycles. The molecule has 3 rings (SSSR count). The van der Waals surface area contributed by atoms with Gasteiger partial charge in [-0.2, -0.15) is 0 Å². The van der Waals surface area contributed by atoms with Crippen LogP contribution >= 0.6 is 12.2 Å². The molecule has 0 saturated carbocycles. The molecule has 0 bridgehead atoms. The van der Waals surface area contributed by atoms with Gasteiger partial charge in [-0.15, -0.1) is 0 Å². The molecule has 0 aliphatic carbocycles. The van der Waals surface area contributed by atoms with Gasteiger partial charge in [-0.1, -0.05) is 12.2 Å². The van der Waals surface area contributed by atoms with Crippen molar-refractivity contribution in [1.82, 2.24) is 9.13 Å². The van der Waals surface area contributed by atoms with Gasteiger partial charge in [0.05, 0.1) is 0 Å². The number of nitrogens with one attached hydrogen (secondary N) is 1. The van der Waals surface area contributed by atoms with Gasteiger partial charge in [0, 0.05) is 31.8 Å². The van der Waals surface area contributed by atoms with Gasteiger partial charge in [0.25, 0.3) is 0 Å². The number of aliphatic imine (C=N–C) groups is 1. The quantitative estimate of drug-likeness (QED) is 0.823. The Kier molecular flexibility index (Phi) is 3.21. The molecule has 0 spiro atoms. The number of amidine groups is 1. The molecular weight excluding hydrogens is 291 g/mol. The van der Waals surface area contributed by atoms with Crippen LogP contribution in [0.3, 0.4) is 0 Å². The first kappa shape index (κ1) is 13.7. The molecule has 21 heavy (non-hydrogen) atoms. The zero-order chi connectivity index (χ0) is 15.1. The second-order valence-corrected chi connectivity index (χ2v) is 5.26. The van der Waals surface area contributed by atoms with Crippen LogP contribution in [0, 0.1) is 10.5 Å². The molecule has 0 saturated heterocycles. The van der Waals surface area contributed by atoms with E-state index in [0.717, 1.165) is 11.3 Å². The van der Waals surface area contributed by atoms with Crippen LogP contribution in [-0.2, 0) is 20.5 Å². The Morgan fingerprint density at radius 2 is 1.90 bits per heavy atom. The summed E-state index contributed by atoms with van der Waals surface area (Å²) in [4.78, 5) is 16.4. The van der Waals surface area contributed by atoms with E-state index in [1.165, 1.54) is 21.3 Å². The van der Waals surface area contributed by atoms with Crippen molar-refractivity contribution in [2.45, 2.75) is 6.42 Å². The third kappa shape index (κ3) is 2.29. The van der Waals surface area contributed by atoms with Crippen molar-refractivity contribution in [3.05, 3.63) is 50.8 Å². The highest BCUT2D eigenvalue weighted by Gasteiger charge is 2.21. The van der Waals surface area contributed by atoms with E-state index in [9.17, 15) is 9.18 Å². The van der Waals surface area contributed by atoms with E-state index < -0.39 is 0 Å². The fraction of sp³-hybridized carbons (Fsp3) is 0.214. The molecule has 1 N–H and O–H groups in total. The smallest absolute Gasteiger partial charge is 0.330 e. The highest BCUT2D eigenvalue weighted by Crippen LogP contribution is 2.26. The van der Waals surface area contributed by atoms with Crippen LogP contribution in [0.5, 0.6) is 0 Å². The molecule has 1 aliphatic heterocycles. The lowest BCUT2D eigenvalue weighted by atomic mass is 10.2. The first-order valence-corrected chi connectivity index (χ1v) is 6.77. The zero-order valence-corrected chi connectivity index (χ0v) is 12.4. The lowest BCUT2D eigenvalue weighted by Crippen LogP contribution is -2.28. The first-order valence-electron chi connectivity index (χ1n) is 6.36. The summed E-state index contributed by atoms with van der Waals surface area (Å²) in [6, 6.07) is 6.02. The minimum atomic E-state index is -0.292. The molecule has 0 fully saturated rings. The molecule has 0 atom stereocenters. The van der Waals surface area contributed by atoms with Crippen LogP contribution in [0.2, 0.25) is 0 Å². The number of fused-ring (bicyclic) bond motifs is 1. The van der Waals surface area contributed by atoms with E-state index in [0.29, 0.717) is 22.7 Å². The van der Waals surface area contributed by atoms with Crippen molar-refractivity contribution in [2.24, 2.45) is 19.1 Å². The number of halogens is 1. The van der Waals surface area contributed by atoms with Crippen LogP contribution in [0.15, 0.2) is 34.1 Å². The number of aromatic nitrogens is 2. The van der Waals surface area contributed by atoms with Crippen molar-refractivity contribution in [1.29, 1.82) is 0 Å². The summed E-state index contributed by atoms with van der Waals surface area (Å²) in [5.41, 5.74) is 1.38. The third-order valence-electron chi connectivity index (χ3n) is 3.44. The average molecular weight is 304 g/mol. The van der Waals surface area contributed by atoms with Crippen LogP contribution in [0.25, 0.3) is 0 Å². The molecule has 0 unspecified atom stereocenters. The minimum Gasteiger partial charge on any atom is -0.343 e. The van der Waals surface area contributed by atoms with E-state index in [2.05, 4.69) is 10.3 Å². The highest BCUT2D eigenvalue weighted by atomic mass is 32.1. The Balaban J connectivity index is 1.98. The molecule has 7 heteroatoms. The van der Waals surface area contributed by atoms with Crippen molar-refractivity contribution in [2.75, 3.05) is 5.32 Å². The Labute approximate surface area is 125 Å². The monoisotopic (exact) mass is 304 g/mol. The maximum absolute atomic E-state index is 12.9. The maximum Gasteiger partial charge on any atom is 0.330 e. The summed E-state index contributed by atoms with van der Waals surface area (Å²) in [5.74, 6) is 0.969. The van der Waals surface area contributed by atoms with Crippen LogP contribution in [0.1, 0.15) is 5.56 Å². The van der Waals surface area contributed by atoms with Crippen LogP contribution in [0.4, 0.5) is 15.9 Å². The van der Waals surface area contributed by atoms with Gasteiger partial charge in [-0.25, -0.2) is 14.2 Å². The topological polar surface area (TPSA) is 51.3 Å². The number of hydrogen-bond acceptors (Lipinski definition) is 4. The standard InChI is InChI=1S/C14H13FN4OS/c1-18-12-10(13(21)19(2)14(18)20)7-11(17-12)16-9-5-3-8(15)4-6-9/h3-6H,7H2,1-2H3,(H,16,17). The Hall–Kier alpha value is -2.28. The van der Waals surface area contributed by atoms with Crippen molar-refractivity contribution in [3.8, 4) is 0 Å². The van der Waals surface area contributed by atoms with Gasteiger partial charge in [-0.05, 0) is 24.3 Å². The fourth-order valence-corrected chi connectivity index (χ4v) is 2.55. The molecule has 0 amide bonds. The van der Waals surface area contributed by atoms with E-state index >= 15 is 0 Å². The van der Waals surface area contributed by atoms with Crippen molar-refractivity contribution in [3.63, 3.8) is 0 Å². The van der Waals surface area contributed by atoms with Gasteiger partial charge in [-0.3, -0.25) is 9.13 Å². The summed E-state index contributed by atoms with van der Waals surface area (Å²) in [6.45, 7) is 0. The molecule has 2 aromatic rings. The van der Waals surface area contributed by atoms with Crippen LogP contribution < -0.4 is 11.0 Å². The Bertz CT molecular complexity index is 864. The number of hydrogen-bond donors (Lipinski definition) is 1. The zero-order valence-electron chi connectivity index (χ0n) is 11.6. The first-order chi connectivity index (χ1) is 9.97. The van der Waals surface area contributed by atoms with Crippen LogP contribution in [-0.4, -0.2) is 15.0 Å². The summed E-state index contributed by atoms with van der Waals surface area (Å²) < 4.78 is 16.3. The second kappa shape index (κ2) is 4.92. The minimum absolute atomic E-state index is 0.203. The largest absolute Gasteiger partial charge is 0.343 e. The van der Waals surface area contributed by atoms with Gasteiger partial charge in [0.1, 0.15) is 22.1 Å². The molecule has 2 heterocycles. The second-order valence-electron chi connectivity index (χ2n) is 4.88. The Morgan fingerprint density at radius 1 is 1.24 bits per heavy atom. The Morgan fingerprint density at radius 3 is 2.57 bits per heavy atom. The van der Waals surface area contributed by atoms with Gasteiger partial charge in [0.15, 0.2) is 0 Å². The fourth-order valence-electron chi connectivity index (χ4n) is 2.31. The number of rotatable bonds is 1. The SMILES string of the molecule is Cn1c2c(c(=S)n(C)c1=O)CC(Nc1ccc(F)cc1)=N2. The molecular formula is C14H13FN4OS. The number of anilines is 1. The lowest BCUT2D eigenvalue weighted by Gasteiger charge is -2.07. The van der Waals surface area contributed by atoms with Gasteiger partial charge < -0.3 is 5.32 Å². The van der Waals surface area contributed by atoms with E-state index in [-0.39, 0.29) is 11.5 Å². The van der Waals surface area contributed by atoms with Gasteiger partial charge >= 0.3 is 5.69 Å². The van der Waals surface area contributed by atoms with E-state index in [1.54, 1.807) is 26.2 Å². The third-order valence-corrected chi connectivity index (χ3v) is 3.96. The summed E-state index contributed by atoms with van der Waals surface area (Å²) in [5, 5.41) is 3.12. The molecule has 5 nitrogen and oxygen atoms in total. The molecule has 0 radical (unpaired) electrons. The average Bonchev–Trinajstić information content (AvgIpc) is 2.89. The predicted octanol–water partition coefficient (Wildman–Crippen LogP) is 2.29. The van der Waals surface area contributed by atoms with E-state index in [1.807, 2.05) is 0 Å².